The van der Waals surface area contributed by atoms with E-state index in [4.69, 9.17) is 0 Å². The number of carbonyl (C=O) groups is 1. The van der Waals surface area contributed by atoms with Crippen molar-refractivity contribution in [3.05, 3.63) is 63.2 Å². The zero-order valence-corrected chi connectivity index (χ0v) is 14.0. The van der Waals surface area contributed by atoms with Gasteiger partial charge in [0.1, 0.15) is 0 Å². The zero-order chi connectivity index (χ0) is 15.2. The quantitative estimate of drug-likeness (QED) is 0.493. The molecule has 0 radical (unpaired) electrons. The molecule has 1 amide bonds. The molecule has 0 saturated heterocycles. The molecule has 0 bridgehead atoms. The number of nitrogens with one attached hydrogen (secondary N) is 1. The molecule has 21 heavy (non-hydrogen) atoms. The summed E-state index contributed by atoms with van der Waals surface area (Å²) >= 11 is 2.13. The molecule has 0 saturated carbocycles. The van der Waals surface area contributed by atoms with Gasteiger partial charge in [-0.15, -0.1) is 0 Å². The molecule has 1 N–H and O–H groups in total. The number of anilines is 1. The van der Waals surface area contributed by atoms with E-state index >= 15 is 0 Å². The van der Waals surface area contributed by atoms with Crippen LogP contribution in [0.15, 0.2) is 53.6 Å². The van der Waals surface area contributed by atoms with Gasteiger partial charge in [0.25, 0.3) is 5.91 Å². The standard InChI is InChI=1S/C16H16IN3O/c1-20(2)13-9-7-12(8-10-13)11-18-19-16(21)14-5-3-4-6-15(14)17/h3-11H,1-2H3,(H,19,21)/b18-11-. The number of nitrogens with zero attached hydrogens (tertiary/aromatic N) is 2. The summed E-state index contributed by atoms with van der Waals surface area (Å²) in [6.45, 7) is 0. The monoisotopic (exact) mass is 393 g/mol. The van der Waals surface area contributed by atoms with Gasteiger partial charge in [-0.05, 0) is 52.4 Å². The summed E-state index contributed by atoms with van der Waals surface area (Å²) in [4.78, 5) is 14.0. The van der Waals surface area contributed by atoms with Crippen molar-refractivity contribution in [1.82, 2.24) is 5.43 Å². The number of amides is 1. The van der Waals surface area contributed by atoms with Crippen LogP contribution in [0.2, 0.25) is 0 Å². The van der Waals surface area contributed by atoms with Gasteiger partial charge in [-0.1, -0.05) is 24.3 Å². The first kappa shape index (κ1) is 15.5. The van der Waals surface area contributed by atoms with E-state index < -0.39 is 0 Å². The molecule has 0 heterocycles. The fourth-order valence-electron chi connectivity index (χ4n) is 1.73. The first-order valence-corrected chi connectivity index (χ1v) is 7.51. The third-order valence-electron chi connectivity index (χ3n) is 2.91. The topological polar surface area (TPSA) is 44.7 Å². The number of carbonyl (C=O) groups excluding carboxylic acids is 1. The Kier molecular flexibility index (Phi) is 5.32. The summed E-state index contributed by atoms with van der Waals surface area (Å²) in [5, 5.41) is 3.99. The average Bonchev–Trinajstić information content (AvgIpc) is 2.48. The van der Waals surface area contributed by atoms with Crippen molar-refractivity contribution >= 4 is 40.4 Å². The van der Waals surface area contributed by atoms with E-state index in [9.17, 15) is 4.79 Å². The van der Waals surface area contributed by atoms with Gasteiger partial charge < -0.3 is 4.90 Å². The van der Waals surface area contributed by atoms with Crippen LogP contribution < -0.4 is 10.3 Å². The number of rotatable bonds is 4. The van der Waals surface area contributed by atoms with Crippen LogP contribution in [-0.4, -0.2) is 26.2 Å². The summed E-state index contributed by atoms with van der Waals surface area (Å²) in [5.41, 5.74) is 5.22. The minimum atomic E-state index is -0.207. The molecule has 0 unspecified atom stereocenters. The normalized spacial score (nSPS) is 10.6. The molecule has 2 rings (SSSR count). The molecule has 0 atom stereocenters. The predicted molar refractivity (Wildman–Crippen MR) is 95.0 cm³/mol. The van der Waals surface area contributed by atoms with E-state index in [1.807, 2.05) is 61.5 Å². The van der Waals surface area contributed by atoms with Crippen LogP contribution in [0, 0.1) is 3.57 Å². The van der Waals surface area contributed by atoms with E-state index in [2.05, 4.69) is 33.1 Å². The highest BCUT2D eigenvalue weighted by Gasteiger charge is 2.07. The molecule has 0 aliphatic rings. The summed E-state index contributed by atoms with van der Waals surface area (Å²) in [5.74, 6) is -0.207. The molecule has 2 aromatic carbocycles. The molecule has 4 nitrogen and oxygen atoms in total. The van der Waals surface area contributed by atoms with E-state index in [0.717, 1.165) is 14.8 Å². The largest absolute Gasteiger partial charge is 0.378 e. The number of halogens is 1. The van der Waals surface area contributed by atoms with Crippen LogP contribution in [0.25, 0.3) is 0 Å². The molecular weight excluding hydrogens is 377 g/mol. The van der Waals surface area contributed by atoms with Crippen LogP contribution in [0.4, 0.5) is 5.69 Å². The average molecular weight is 393 g/mol. The van der Waals surface area contributed by atoms with Crippen molar-refractivity contribution in [3.63, 3.8) is 0 Å². The smallest absolute Gasteiger partial charge is 0.272 e. The maximum Gasteiger partial charge on any atom is 0.272 e. The van der Waals surface area contributed by atoms with Gasteiger partial charge in [0.15, 0.2) is 0 Å². The Balaban J connectivity index is 1.99. The van der Waals surface area contributed by atoms with Gasteiger partial charge >= 0.3 is 0 Å². The summed E-state index contributed by atoms with van der Waals surface area (Å²) in [6, 6.07) is 15.3. The molecule has 2 aromatic rings. The Morgan fingerprint density at radius 2 is 1.81 bits per heavy atom. The lowest BCUT2D eigenvalue weighted by Crippen LogP contribution is -2.18. The second-order valence-electron chi connectivity index (χ2n) is 4.66. The molecule has 0 aromatic heterocycles. The van der Waals surface area contributed by atoms with Gasteiger partial charge in [-0.3, -0.25) is 4.79 Å². The highest BCUT2D eigenvalue weighted by Crippen LogP contribution is 2.12. The molecule has 0 aliphatic carbocycles. The maximum atomic E-state index is 12.0. The minimum absolute atomic E-state index is 0.207. The number of hydrogen-bond acceptors (Lipinski definition) is 3. The highest BCUT2D eigenvalue weighted by atomic mass is 127. The van der Waals surface area contributed by atoms with Crippen molar-refractivity contribution in [3.8, 4) is 0 Å². The molecule has 108 valence electrons. The van der Waals surface area contributed by atoms with Crippen LogP contribution >= 0.6 is 22.6 Å². The predicted octanol–water partition coefficient (Wildman–Crippen LogP) is 3.12. The lowest BCUT2D eigenvalue weighted by Gasteiger charge is -2.11. The summed E-state index contributed by atoms with van der Waals surface area (Å²) < 4.78 is 0.901. The Morgan fingerprint density at radius 1 is 1.14 bits per heavy atom. The number of benzene rings is 2. The Hall–Kier alpha value is -1.89. The Morgan fingerprint density at radius 3 is 2.43 bits per heavy atom. The minimum Gasteiger partial charge on any atom is -0.378 e. The van der Waals surface area contributed by atoms with E-state index in [0.29, 0.717) is 5.56 Å². The van der Waals surface area contributed by atoms with Crippen LogP contribution in [-0.2, 0) is 0 Å². The third-order valence-corrected chi connectivity index (χ3v) is 3.85. The summed E-state index contributed by atoms with van der Waals surface area (Å²) in [6.07, 6.45) is 1.63. The van der Waals surface area contributed by atoms with Gasteiger partial charge in [0.2, 0.25) is 0 Å². The van der Waals surface area contributed by atoms with E-state index in [-0.39, 0.29) is 5.91 Å². The maximum absolute atomic E-state index is 12.0. The van der Waals surface area contributed by atoms with Crippen molar-refractivity contribution in [1.29, 1.82) is 0 Å². The van der Waals surface area contributed by atoms with E-state index in [1.165, 1.54) is 0 Å². The van der Waals surface area contributed by atoms with Crippen LogP contribution in [0.1, 0.15) is 15.9 Å². The van der Waals surface area contributed by atoms with Crippen molar-refractivity contribution < 1.29 is 4.79 Å². The number of hydrazone groups is 1. The molecular formula is C16H16IN3O. The lowest BCUT2D eigenvalue weighted by molar-refractivity contribution is 0.0954. The zero-order valence-electron chi connectivity index (χ0n) is 11.9. The first-order valence-electron chi connectivity index (χ1n) is 6.43. The van der Waals surface area contributed by atoms with Gasteiger partial charge in [-0.25, -0.2) is 5.43 Å². The Bertz CT molecular complexity index is 651. The second kappa shape index (κ2) is 7.21. The van der Waals surface area contributed by atoms with E-state index in [1.54, 1.807) is 12.3 Å². The lowest BCUT2D eigenvalue weighted by atomic mass is 10.2. The third kappa shape index (κ3) is 4.29. The van der Waals surface area contributed by atoms with Crippen molar-refractivity contribution in [2.24, 2.45) is 5.10 Å². The molecule has 0 aliphatic heterocycles. The van der Waals surface area contributed by atoms with Gasteiger partial charge in [-0.2, -0.15) is 5.10 Å². The van der Waals surface area contributed by atoms with Crippen molar-refractivity contribution in [2.75, 3.05) is 19.0 Å². The molecule has 0 fully saturated rings. The fraction of sp³-hybridized carbons (Fsp3) is 0.125. The first-order chi connectivity index (χ1) is 10.1. The van der Waals surface area contributed by atoms with Crippen LogP contribution in [0.5, 0.6) is 0 Å². The van der Waals surface area contributed by atoms with Gasteiger partial charge in [0.05, 0.1) is 11.8 Å². The van der Waals surface area contributed by atoms with Crippen LogP contribution in [0.3, 0.4) is 0 Å². The SMILES string of the molecule is CN(C)c1ccc(/C=N\NC(=O)c2ccccc2I)cc1. The molecule has 5 heteroatoms. The number of hydrogen-bond donors (Lipinski definition) is 1. The second-order valence-corrected chi connectivity index (χ2v) is 5.83. The summed E-state index contributed by atoms with van der Waals surface area (Å²) in [7, 11) is 3.98. The molecule has 0 spiro atoms. The Labute approximate surface area is 138 Å². The fourth-order valence-corrected chi connectivity index (χ4v) is 2.36. The van der Waals surface area contributed by atoms with Gasteiger partial charge in [0, 0.05) is 23.4 Å². The van der Waals surface area contributed by atoms with Crippen molar-refractivity contribution in [2.45, 2.75) is 0 Å². The highest BCUT2D eigenvalue weighted by molar-refractivity contribution is 14.1.